The molecule has 0 unspecified atom stereocenters. The summed E-state index contributed by atoms with van der Waals surface area (Å²) in [5, 5.41) is 5.84. The van der Waals surface area contributed by atoms with Gasteiger partial charge in [-0.3, -0.25) is 14.4 Å². The summed E-state index contributed by atoms with van der Waals surface area (Å²) in [6.07, 6.45) is 0.0316. The van der Waals surface area contributed by atoms with Crippen molar-refractivity contribution in [3.05, 3.63) is 58.6 Å². The molecule has 2 N–H and O–H groups in total. The van der Waals surface area contributed by atoms with E-state index in [9.17, 15) is 14.4 Å². The highest BCUT2D eigenvalue weighted by Gasteiger charge is 2.11. The molecule has 0 bridgehead atoms. The second-order valence-electron chi connectivity index (χ2n) is 5.68. The lowest BCUT2D eigenvalue weighted by Gasteiger charge is -2.10. The first-order valence-electron chi connectivity index (χ1n) is 7.92. The Balaban J connectivity index is 1.81. The number of ether oxygens (including phenoxy) is 1. The van der Waals surface area contributed by atoms with E-state index >= 15 is 0 Å². The van der Waals surface area contributed by atoms with Crippen molar-refractivity contribution in [1.29, 1.82) is 0 Å². The molecule has 2 aromatic rings. The third-order valence-electron chi connectivity index (χ3n) is 3.53. The van der Waals surface area contributed by atoms with Gasteiger partial charge in [0.05, 0.1) is 6.42 Å². The molecule has 2 aromatic carbocycles. The number of carbonyl (C=O) groups excluding carboxylic acids is 3. The van der Waals surface area contributed by atoms with E-state index in [0.29, 0.717) is 16.4 Å². The van der Waals surface area contributed by atoms with Crippen molar-refractivity contribution in [3.63, 3.8) is 0 Å². The van der Waals surface area contributed by atoms with Crippen molar-refractivity contribution in [3.8, 4) is 0 Å². The molecule has 7 heteroatoms. The molecule has 0 aliphatic carbocycles. The maximum atomic E-state index is 11.9. The van der Waals surface area contributed by atoms with E-state index in [-0.39, 0.29) is 18.9 Å². The lowest BCUT2D eigenvalue weighted by molar-refractivity contribution is -0.146. The van der Waals surface area contributed by atoms with Crippen LogP contribution in [0.3, 0.4) is 0 Å². The average molecular weight is 375 g/mol. The van der Waals surface area contributed by atoms with E-state index < -0.39 is 11.9 Å². The number of carbonyl (C=O) groups is 3. The zero-order valence-electron chi connectivity index (χ0n) is 14.5. The normalized spacial score (nSPS) is 10.1. The van der Waals surface area contributed by atoms with Gasteiger partial charge in [-0.25, -0.2) is 0 Å². The molecule has 0 aromatic heterocycles. The van der Waals surface area contributed by atoms with Crippen LogP contribution in [-0.2, 0) is 25.5 Å². The SMILES string of the molecule is CC(=O)Nc1ccc(CC(=O)OCC(=O)Nc2cccc(Cl)c2C)cc1. The maximum Gasteiger partial charge on any atom is 0.310 e. The molecule has 0 radical (unpaired) electrons. The monoisotopic (exact) mass is 374 g/mol. The van der Waals surface area contributed by atoms with Crippen LogP contribution in [0.5, 0.6) is 0 Å². The fourth-order valence-corrected chi connectivity index (χ4v) is 2.38. The Morgan fingerprint density at radius 3 is 2.38 bits per heavy atom. The predicted molar refractivity (Wildman–Crippen MR) is 100 cm³/mol. The Hall–Kier alpha value is -2.86. The third kappa shape index (κ3) is 5.89. The molecule has 26 heavy (non-hydrogen) atoms. The van der Waals surface area contributed by atoms with Crippen molar-refractivity contribution in [2.24, 2.45) is 0 Å². The summed E-state index contributed by atoms with van der Waals surface area (Å²) < 4.78 is 4.99. The summed E-state index contributed by atoms with van der Waals surface area (Å²) in [6, 6.07) is 12.0. The molecule has 0 saturated heterocycles. The highest BCUT2D eigenvalue weighted by molar-refractivity contribution is 6.31. The second kappa shape index (κ2) is 9.01. The molecule has 0 aliphatic heterocycles. The molecule has 2 amide bonds. The van der Waals surface area contributed by atoms with Crippen LogP contribution >= 0.6 is 11.6 Å². The first-order valence-corrected chi connectivity index (χ1v) is 8.30. The van der Waals surface area contributed by atoms with Gasteiger partial charge in [0.2, 0.25) is 5.91 Å². The largest absolute Gasteiger partial charge is 0.455 e. The number of hydrogen-bond donors (Lipinski definition) is 2. The fraction of sp³-hybridized carbons (Fsp3) is 0.211. The van der Waals surface area contributed by atoms with Crippen LogP contribution in [-0.4, -0.2) is 24.4 Å². The van der Waals surface area contributed by atoms with Crippen LogP contribution in [0, 0.1) is 6.92 Å². The molecule has 0 heterocycles. The van der Waals surface area contributed by atoms with Gasteiger partial charge in [0, 0.05) is 23.3 Å². The zero-order valence-corrected chi connectivity index (χ0v) is 15.2. The van der Waals surface area contributed by atoms with Crippen molar-refractivity contribution < 1.29 is 19.1 Å². The van der Waals surface area contributed by atoms with Crippen molar-refractivity contribution in [1.82, 2.24) is 0 Å². The van der Waals surface area contributed by atoms with Gasteiger partial charge >= 0.3 is 5.97 Å². The van der Waals surface area contributed by atoms with Gasteiger partial charge in [0.25, 0.3) is 5.91 Å². The average Bonchev–Trinajstić information content (AvgIpc) is 2.58. The minimum Gasteiger partial charge on any atom is -0.455 e. The van der Waals surface area contributed by atoms with Gasteiger partial charge in [0.1, 0.15) is 0 Å². The molecular formula is C19H19ClN2O4. The number of halogens is 1. The Morgan fingerprint density at radius 2 is 1.73 bits per heavy atom. The number of rotatable bonds is 6. The van der Waals surface area contributed by atoms with Crippen molar-refractivity contribution in [2.75, 3.05) is 17.2 Å². The van der Waals surface area contributed by atoms with Gasteiger partial charge < -0.3 is 15.4 Å². The summed E-state index contributed by atoms with van der Waals surface area (Å²) in [5.41, 5.74) is 2.68. The molecule has 0 aliphatic rings. The Kier molecular flexibility index (Phi) is 6.74. The van der Waals surface area contributed by atoms with Crippen LogP contribution in [0.15, 0.2) is 42.5 Å². The molecule has 136 valence electrons. The van der Waals surface area contributed by atoms with Crippen molar-refractivity contribution >= 4 is 40.8 Å². The van der Waals surface area contributed by atoms with E-state index in [1.807, 2.05) is 0 Å². The highest BCUT2D eigenvalue weighted by atomic mass is 35.5. The third-order valence-corrected chi connectivity index (χ3v) is 3.94. The number of amides is 2. The van der Waals surface area contributed by atoms with Gasteiger partial charge in [-0.05, 0) is 42.3 Å². The van der Waals surface area contributed by atoms with E-state index in [2.05, 4.69) is 10.6 Å². The maximum absolute atomic E-state index is 11.9. The summed E-state index contributed by atoms with van der Waals surface area (Å²) >= 11 is 5.99. The summed E-state index contributed by atoms with van der Waals surface area (Å²) in [4.78, 5) is 34.7. The van der Waals surface area contributed by atoms with E-state index in [1.54, 1.807) is 49.4 Å². The van der Waals surface area contributed by atoms with Gasteiger partial charge in [-0.2, -0.15) is 0 Å². The first kappa shape index (κ1) is 19.5. The lowest BCUT2D eigenvalue weighted by atomic mass is 10.1. The van der Waals surface area contributed by atoms with Gasteiger partial charge in [-0.15, -0.1) is 0 Å². The van der Waals surface area contributed by atoms with E-state index in [0.717, 1.165) is 11.1 Å². The molecule has 0 spiro atoms. The molecule has 0 atom stereocenters. The minimum atomic E-state index is -0.518. The smallest absolute Gasteiger partial charge is 0.310 e. The quantitative estimate of drug-likeness (QED) is 0.759. The molecule has 0 fully saturated rings. The molecule has 0 saturated carbocycles. The number of hydrogen-bond acceptors (Lipinski definition) is 4. The summed E-state index contributed by atoms with van der Waals surface area (Å²) in [6.45, 7) is 2.82. The number of benzene rings is 2. The topological polar surface area (TPSA) is 84.5 Å². The van der Waals surface area contributed by atoms with Gasteiger partial charge in [-0.1, -0.05) is 29.8 Å². The minimum absolute atomic E-state index is 0.0316. The van der Waals surface area contributed by atoms with Gasteiger partial charge in [0.15, 0.2) is 6.61 Å². The molecule has 2 rings (SSSR count). The standard InChI is InChI=1S/C19H19ClN2O4/c1-12-16(20)4-3-5-17(12)22-18(24)11-26-19(25)10-14-6-8-15(9-7-14)21-13(2)23/h3-9H,10-11H2,1-2H3,(H,21,23)(H,22,24). The zero-order chi connectivity index (χ0) is 19.1. The fourth-order valence-electron chi connectivity index (χ4n) is 2.20. The molecule has 6 nitrogen and oxygen atoms in total. The predicted octanol–water partition coefficient (Wildman–Crippen LogP) is 3.33. The number of anilines is 2. The Bertz CT molecular complexity index is 819. The van der Waals surface area contributed by atoms with Crippen LogP contribution in [0.25, 0.3) is 0 Å². The lowest BCUT2D eigenvalue weighted by Crippen LogP contribution is -2.22. The summed E-state index contributed by atoms with van der Waals surface area (Å²) in [5.74, 6) is -1.13. The van der Waals surface area contributed by atoms with Crippen molar-refractivity contribution in [2.45, 2.75) is 20.3 Å². The highest BCUT2D eigenvalue weighted by Crippen LogP contribution is 2.22. The number of esters is 1. The van der Waals surface area contributed by atoms with E-state index in [4.69, 9.17) is 16.3 Å². The first-order chi connectivity index (χ1) is 12.3. The van der Waals surface area contributed by atoms with Crippen LogP contribution < -0.4 is 10.6 Å². The second-order valence-corrected chi connectivity index (χ2v) is 6.08. The Morgan fingerprint density at radius 1 is 1.04 bits per heavy atom. The Labute approximate surface area is 156 Å². The molecular weight excluding hydrogens is 356 g/mol. The summed E-state index contributed by atoms with van der Waals surface area (Å²) in [7, 11) is 0. The van der Waals surface area contributed by atoms with Crippen LogP contribution in [0.4, 0.5) is 11.4 Å². The van der Waals surface area contributed by atoms with E-state index in [1.165, 1.54) is 6.92 Å². The van der Waals surface area contributed by atoms with Crippen LogP contribution in [0.2, 0.25) is 5.02 Å². The number of nitrogens with one attached hydrogen (secondary N) is 2. The van der Waals surface area contributed by atoms with Crippen LogP contribution in [0.1, 0.15) is 18.1 Å².